The van der Waals surface area contributed by atoms with Crippen LogP contribution in [0, 0.1) is 5.82 Å². The minimum Gasteiger partial charge on any atom is -0.422 e. The maximum Gasteiger partial charge on any atom is 0.364 e. The van der Waals surface area contributed by atoms with Crippen LogP contribution in [0.2, 0.25) is 5.02 Å². The van der Waals surface area contributed by atoms with E-state index in [4.69, 9.17) is 22.1 Å². The summed E-state index contributed by atoms with van der Waals surface area (Å²) in [5.74, 6) is -1.38. The van der Waals surface area contributed by atoms with E-state index in [1.54, 1.807) is 0 Å². The molecule has 0 radical (unpaired) electrons. The maximum atomic E-state index is 12.9. The minimum atomic E-state index is -0.830. The molecule has 1 aromatic carbocycles. The Labute approximate surface area is 111 Å². The number of hydrogen-bond donors (Lipinski definition) is 1. The molecule has 1 amide bonds. The molecule has 0 aliphatic heterocycles. The van der Waals surface area contributed by atoms with Crippen LogP contribution in [-0.4, -0.2) is 21.8 Å². The molecule has 1 aromatic heterocycles. The molecule has 2 N–H and O–H groups in total. The SMILES string of the molecule is NC(=O)n1ccc(C(=O)Oc2ccc(F)c(Cl)c2)n1. The summed E-state index contributed by atoms with van der Waals surface area (Å²) in [6, 6.07) is 3.89. The van der Waals surface area contributed by atoms with Gasteiger partial charge in [0.25, 0.3) is 0 Å². The molecule has 8 heteroatoms. The Balaban J connectivity index is 2.15. The van der Waals surface area contributed by atoms with Crippen LogP contribution in [-0.2, 0) is 0 Å². The van der Waals surface area contributed by atoms with Gasteiger partial charge in [-0.1, -0.05) is 11.6 Å². The fourth-order valence-corrected chi connectivity index (χ4v) is 1.43. The van der Waals surface area contributed by atoms with Crippen molar-refractivity contribution in [3.05, 3.63) is 47.0 Å². The lowest BCUT2D eigenvalue weighted by molar-refractivity contribution is 0.0728. The van der Waals surface area contributed by atoms with Crippen LogP contribution in [0.15, 0.2) is 30.5 Å². The second kappa shape index (κ2) is 5.07. The number of primary amides is 1. The van der Waals surface area contributed by atoms with Crippen molar-refractivity contribution in [1.82, 2.24) is 9.78 Å². The van der Waals surface area contributed by atoms with Gasteiger partial charge in [0.15, 0.2) is 5.69 Å². The van der Waals surface area contributed by atoms with Crippen LogP contribution in [0.3, 0.4) is 0 Å². The summed E-state index contributed by atoms with van der Waals surface area (Å²) in [6.07, 6.45) is 1.22. The number of nitrogens with zero attached hydrogens (tertiary/aromatic N) is 2. The first-order chi connectivity index (χ1) is 8.97. The number of esters is 1. The molecule has 0 fully saturated rings. The molecule has 2 rings (SSSR count). The van der Waals surface area contributed by atoms with E-state index >= 15 is 0 Å². The second-order valence-corrected chi connectivity index (χ2v) is 3.86. The molecular formula is C11H7ClFN3O3. The monoisotopic (exact) mass is 283 g/mol. The predicted octanol–water partition coefficient (Wildman–Crippen LogP) is 1.82. The molecule has 0 bridgehead atoms. The molecule has 0 aliphatic carbocycles. The smallest absolute Gasteiger partial charge is 0.364 e. The summed E-state index contributed by atoms with van der Waals surface area (Å²) in [6.45, 7) is 0. The van der Waals surface area contributed by atoms with E-state index < -0.39 is 17.8 Å². The molecule has 6 nitrogen and oxygen atoms in total. The lowest BCUT2D eigenvalue weighted by atomic mass is 10.3. The van der Waals surface area contributed by atoms with Crippen molar-refractivity contribution in [2.24, 2.45) is 5.73 Å². The van der Waals surface area contributed by atoms with Crippen molar-refractivity contribution in [3.63, 3.8) is 0 Å². The van der Waals surface area contributed by atoms with Crippen LogP contribution >= 0.6 is 11.6 Å². The van der Waals surface area contributed by atoms with Crippen molar-refractivity contribution in [3.8, 4) is 5.75 Å². The Bertz CT molecular complexity index is 656. The Hall–Kier alpha value is -2.41. The van der Waals surface area contributed by atoms with E-state index in [1.807, 2.05) is 0 Å². The fraction of sp³-hybridized carbons (Fsp3) is 0. The molecule has 98 valence electrons. The van der Waals surface area contributed by atoms with E-state index in [0.717, 1.165) is 16.8 Å². The predicted molar refractivity (Wildman–Crippen MR) is 63.6 cm³/mol. The zero-order valence-electron chi connectivity index (χ0n) is 9.34. The lowest BCUT2D eigenvalue weighted by Crippen LogP contribution is -2.21. The average Bonchev–Trinajstić information content (AvgIpc) is 2.83. The zero-order chi connectivity index (χ0) is 14.0. The summed E-state index contributed by atoms with van der Waals surface area (Å²) in [5.41, 5.74) is 4.85. The van der Waals surface area contributed by atoms with Gasteiger partial charge in [0.2, 0.25) is 0 Å². The van der Waals surface area contributed by atoms with Crippen LogP contribution < -0.4 is 10.5 Å². The Morgan fingerprint density at radius 2 is 2.11 bits per heavy atom. The number of carbonyl (C=O) groups excluding carboxylic acids is 2. The molecule has 19 heavy (non-hydrogen) atoms. The van der Waals surface area contributed by atoms with Gasteiger partial charge in [0.05, 0.1) is 5.02 Å². The largest absolute Gasteiger partial charge is 0.422 e. The molecule has 0 unspecified atom stereocenters. The van der Waals surface area contributed by atoms with Crippen molar-refractivity contribution >= 4 is 23.6 Å². The van der Waals surface area contributed by atoms with Crippen molar-refractivity contribution < 1.29 is 18.7 Å². The molecule has 1 heterocycles. The number of hydrogen-bond acceptors (Lipinski definition) is 4. The Kier molecular flexibility index (Phi) is 3.48. The lowest BCUT2D eigenvalue weighted by Gasteiger charge is -2.02. The van der Waals surface area contributed by atoms with Crippen LogP contribution in [0.5, 0.6) is 5.75 Å². The second-order valence-electron chi connectivity index (χ2n) is 3.45. The third-order valence-corrected chi connectivity index (χ3v) is 2.42. The molecule has 0 atom stereocenters. The van der Waals surface area contributed by atoms with E-state index in [2.05, 4.69) is 5.10 Å². The third-order valence-electron chi connectivity index (χ3n) is 2.13. The number of amides is 1. The normalized spacial score (nSPS) is 10.2. The van der Waals surface area contributed by atoms with Crippen molar-refractivity contribution in [2.75, 3.05) is 0 Å². The van der Waals surface area contributed by atoms with Gasteiger partial charge in [0, 0.05) is 12.3 Å². The van der Waals surface area contributed by atoms with Gasteiger partial charge in [-0.15, -0.1) is 0 Å². The zero-order valence-corrected chi connectivity index (χ0v) is 10.1. The van der Waals surface area contributed by atoms with Gasteiger partial charge >= 0.3 is 12.0 Å². The first-order valence-electron chi connectivity index (χ1n) is 5.00. The summed E-state index contributed by atoms with van der Waals surface area (Å²) < 4.78 is 18.6. The van der Waals surface area contributed by atoms with Gasteiger partial charge in [0.1, 0.15) is 11.6 Å². The molecule has 0 saturated carbocycles. The minimum absolute atomic E-state index is 0.0602. The number of halogens is 2. The molecule has 0 spiro atoms. The first-order valence-corrected chi connectivity index (χ1v) is 5.38. The van der Waals surface area contributed by atoms with E-state index in [1.165, 1.54) is 18.3 Å². The highest BCUT2D eigenvalue weighted by Crippen LogP contribution is 2.21. The summed E-state index contributed by atoms with van der Waals surface area (Å²) >= 11 is 5.54. The van der Waals surface area contributed by atoms with E-state index in [9.17, 15) is 14.0 Å². The van der Waals surface area contributed by atoms with Crippen LogP contribution in [0.1, 0.15) is 10.5 Å². The van der Waals surface area contributed by atoms with Gasteiger partial charge in [-0.25, -0.2) is 14.0 Å². The average molecular weight is 284 g/mol. The summed E-state index contributed by atoms with van der Waals surface area (Å²) in [7, 11) is 0. The molecular weight excluding hydrogens is 277 g/mol. The highest BCUT2D eigenvalue weighted by molar-refractivity contribution is 6.30. The Morgan fingerprint density at radius 1 is 1.37 bits per heavy atom. The van der Waals surface area contributed by atoms with Gasteiger partial charge < -0.3 is 10.5 Å². The van der Waals surface area contributed by atoms with Gasteiger partial charge in [-0.2, -0.15) is 9.78 Å². The fourth-order valence-electron chi connectivity index (χ4n) is 1.26. The number of benzene rings is 1. The van der Waals surface area contributed by atoms with Gasteiger partial charge in [-0.3, -0.25) is 0 Å². The van der Waals surface area contributed by atoms with E-state index in [-0.39, 0.29) is 16.5 Å². The van der Waals surface area contributed by atoms with Crippen molar-refractivity contribution in [1.29, 1.82) is 0 Å². The highest BCUT2D eigenvalue weighted by Gasteiger charge is 2.14. The first kappa shape index (κ1) is 13.0. The number of ether oxygens (including phenoxy) is 1. The number of nitrogens with two attached hydrogens (primary N) is 1. The summed E-state index contributed by atoms with van der Waals surface area (Å²) in [4.78, 5) is 22.4. The number of carbonyl (C=O) groups is 2. The maximum absolute atomic E-state index is 12.9. The van der Waals surface area contributed by atoms with E-state index in [0.29, 0.717) is 0 Å². The topological polar surface area (TPSA) is 87.2 Å². The quantitative estimate of drug-likeness (QED) is 0.673. The summed E-state index contributed by atoms with van der Waals surface area (Å²) in [5, 5.41) is 3.43. The molecule has 0 aliphatic rings. The Morgan fingerprint density at radius 3 is 2.68 bits per heavy atom. The van der Waals surface area contributed by atoms with Crippen molar-refractivity contribution in [2.45, 2.75) is 0 Å². The van der Waals surface area contributed by atoms with Crippen LogP contribution in [0.25, 0.3) is 0 Å². The molecule has 0 saturated heterocycles. The third kappa shape index (κ3) is 2.89. The van der Waals surface area contributed by atoms with Crippen LogP contribution in [0.4, 0.5) is 9.18 Å². The van der Waals surface area contributed by atoms with Gasteiger partial charge in [-0.05, 0) is 18.2 Å². The standard InChI is InChI=1S/C11H7ClFN3O3/c12-7-5-6(1-2-8(7)13)19-10(17)9-3-4-16(15-9)11(14)18/h1-5H,(H2,14,18). The number of aromatic nitrogens is 2. The number of rotatable bonds is 2. The highest BCUT2D eigenvalue weighted by atomic mass is 35.5. The molecule has 2 aromatic rings.